The Kier molecular flexibility index (Phi) is 8.91. The Balaban J connectivity index is 1.57. The number of methoxy groups -OCH3 is 1. The zero-order valence-electron chi connectivity index (χ0n) is 26.0. The van der Waals surface area contributed by atoms with Gasteiger partial charge in [-0.2, -0.15) is 0 Å². The number of piperidine rings is 1. The van der Waals surface area contributed by atoms with E-state index in [1.54, 1.807) is 37.5 Å². The summed E-state index contributed by atoms with van der Waals surface area (Å²) in [5.41, 5.74) is 10.1. The lowest BCUT2D eigenvalue weighted by Gasteiger charge is -2.33. The summed E-state index contributed by atoms with van der Waals surface area (Å²) in [5.74, 6) is 0.938. The van der Waals surface area contributed by atoms with Gasteiger partial charge in [-0.3, -0.25) is 9.78 Å². The Morgan fingerprint density at radius 1 is 1.16 bits per heavy atom. The monoisotopic (exact) mass is 628 g/mol. The van der Waals surface area contributed by atoms with Crippen molar-refractivity contribution in [1.82, 2.24) is 20.2 Å². The largest absolute Gasteiger partial charge is 0.421 e. The summed E-state index contributed by atoms with van der Waals surface area (Å²) in [6, 6.07) is 10.5. The van der Waals surface area contributed by atoms with E-state index in [0.717, 1.165) is 52.3 Å². The maximum absolute atomic E-state index is 13.6. The second-order valence-electron chi connectivity index (χ2n) is 12.0. The van der Waals surface area contributed by atoms with Crippen LogP contribution in [0.3, 0.4) is 0 Å². The van der Waals surface area contributed by atoms with Crippen molar-refractivity contribution in [2.24, 2.45) is 11.7 Å². The highest BCUT2D eigenvalue weighted by atomic mass is 32.1. The molecule has 9 nitrogen and oxygen atoms in total. The number of aryl methyl sites for hydroxylation is 3. The van der Waals surface area contributed by atoms with Crippen LogP contribution in [-0.2, 0) is 24.0 Å². The molecule has 2 N–H and O–H groups in total. The zero-order valence-corrected chi connectivity index (χ0v) is 26.8. The van der Waals surface area contributed by atoms with Crippen molar-refractivity contribution in [2.45, 2.75) is 59.0 Å². The van der Waals surface area contributed by atoms with Crippen LogP contribution in [0.1, 0.15) is 59.9 Å². The molecule has 1 fully saturated rings. The van der Waals surface area contributed by atoms with Crippen LogP contribution in [-0.4, -0.2) is 52.4 Å². The van der Waals surface area contributed by atoms with E-state index in [0.29, 0.717) is 53.2 Å². The van der Waals surface area contributed by atoms with Gasteiger partial charge >= 0.3 is 0 Å². The fourth-order valence-corrected chi connectivity index (χ4v) is 7.31. The number of hydrogen-bond donors (Lipinski definition) is 1. The highest BCUT2D eigenvalue weighted by Crippen LogP contribution is 2.45. The first-order valence-electron chi connectivity index (χ1n) is 15.3. The van der Waals surface area contributed by atoms with Gasteiger partial charge in [0.25, 0.3) is 5.91 Å². The molecule has 6 rings (SSSR count). The van der Waals surface area contributed by atoms with Crippen molar-refractivity contribution < 1.29 is 18.3 Å². The Hall–Kier alpha value is -4.22. The maximum atomic E-state index is 13.6. The van der Waals surface area contributed by atoms with E-state index in [1.165, 1.54) is 12.1 Å². The van der Waals surface area contributed by atoms with Crippen molar-refractivity contribution in [2.75, 3.05) is 25.1 Å². The van der Waals surface area contributed by atoms with Crippen molar-refractivity contribution >= 4 is 33.1 Å². The van der Waals surface area contributed by atoms with Crippen molar-refractivity contribution in [3.8, 4) is 21.9 Å². The molecule has 1 aliphatic heterocycles. The summed E-state index contributed by atoms with van der Waals surface area (Å²) in [6.45, 7) is 7.55. The number of aromatic nitrogens is 4. The first-order valence-corrected chi connectivity index (χ1v) is 16.1. The summed E-state index contributed by atoms with van der Waals surface area (Å²) in [4.78, 5) is 26.3. The smallest absolute Gasteiger partial charge is 0.251 e. The Bertz CT molecular complexity index is 1830. The molecule has 234 valence electrons. The molecule has 5 heterocycles. The van der Waals surface area contributed by atoms with Crippen LogP contribution in [0.15, 0.2) is 47.0 Å². The minimum Gasteiger partial charge on any atom is -0.421 e. The SMILES string of the molecule is CO[C@@H]1CCCN(c2nccc3cc(-c4c(C(N)=O)c(CC(C)C)nc(CCc5ccc(F)cc5)c4-c4nnc(C)o4)sc23)C1. The van der Waals surface area contributed by atoms with Crippen molar-refractivity contribution in [3.05, 3.63) is 76.8 Å². The summed E-state index contributed by atoms with van der Waals surface area (Å²) in [6.07, 6.45) is 5.66. The first kappa shape index (κ1) is 30.8. The lowest BCUT2D eigenvalue weighted by atomic mass is 9.91. The number of ether oxygens (including phenoxy) is 1. The first-order chi connectivity index (χ1) is 21.7. The van der Waals surface area contributed by atoms with Crippen LogP contribution in [0, 0.1) is 18.7 Å². The van der Waals surface area contributed by atoms with Gasteiger partial charge in [0.2, 0.25) is 11.8 Å². The lowest BCUT2D eigenvalue weighted by Crippen LogP contribution is -2.39. The molecule has 5 aromatic rings. The highest BCUT2D eigenvalue weighted by Gasteiger charge is 2.30. The average Bonchev–Trinajstić information content (AvgIpc) is 3.66. The van der Waals surface area contributed by atoms with Gasteiger partial charge in [0.1, 0.15) is 11.6 Å². The lowest BCUT2D eigenvalue weighted by molar-refractivity contribution is 0.0892. The number of benzene rings is 1. The van der Waals surface area contributed by atoms with Gasteiger partial charge in [-0.25, -0.2) is 9.37 Å². The van der Waals surface area contributed by atoms with Gasteiger partial charge in [0.15, 0.2) is 0 Å². The van der Waals surface area contributed by atoms with Crippen LogP contribution >= 0.6 is 11.3 Å². The Morgan fingerprint density at radius 2 is 1.96 bits per heavy atom. The van der Waals surface area contributed by atoms with Gasteiger partial charge < -0.3 is 19.8 Å². The molecule has 1 aromatic carbocycles. The molecule has 0 unspecified atom stereocenters. The molecule has 0 spiro atoms. The van der Waals surface area contributed by atoms with Crippen LogP contribution in [0.4, 0.5) is 10.2 Å². The minimum atomic E-state index is -0.564. The summed E-state index contributed by atoms with van der Waals surface area (Å²) < 4.78 is 26.4. The molecular formula is C34H37FN6O3S. The second-order valence-corrected chi connectivity index (χ2v) is 13.0. The minimum absolute atomic E-state index is 0.145. The number of nitrogens with two attached hydrogens (primary N) is 1. The Morgan fingerprint density at radius 3 is 2.64 bits per heavy atom. The number of fused-ring (bicyclic) bond motifs is 1. The number of hydrogen-bond acceptors (Lipinski definition) is 9. The third-order valence-corrected chi connectivity index (χ3v) is 9.34. The maximum Gasteiger partial charge on any atom is 0.251 e. The number of carbonyl (C=O) groups is 1. The van der Waals surface area contributed by atoms with Gasteiger partial charge in [-0.1, -0.05) is 26.0 Å². The molecule has 4 aromatic heterocycles. The molecule has 0 saturated carbocycles. The third-order valence-electron chi connectivity index (χ3n) is 8.17. The molecule has 11 heteroatoms. The van der Waals surface area contributed by atoms with E-state index in [4.69, 9.17) is 24.9 Å². The molecule has 1 atom stereocenters. The van der Waals surface area contributed by atoms with Crippen molar-refractivity contribution in [3.63, 3.8) is 0 Å². The van der Waals surface area contributed by atoms with Crippen LogP contribution in [0.2, 0.25) is 0 Å². The summed E-state index contributed by atoms with van der Waals surface area (Å²) >= 11 is 1.57. The van der Waals surface area contributed by atoms with Crippen LogP contribution < -0.4 is 10.6 Å². The molecule has 1 amide bonds. The quantitative estimate of drug-likeness (QED) is 0.185. The zero-order chi connectivity index (χ0) is 31.7. The number of anilines is 1. The van der Waals surface area contributed by atoms with Gasteiger partial charge in [-0.15, -0.1) is 21.5 Å². The fraction of sp³-hybridized carbons (Fsp3) is 0.382. The van der Waals surface area contributed by atoms with E-state index in [1.807, 2.05) is 12.3 Å². The van der Waals surface area contributed by atoms with Crippen LogP contribution in [0.25, 0.3) is 32.0 Å². The van der Waals surface area contributed by atoms with Gasteiger partial charge in [0, 0.05) is 43.8 Å². The van der Waals surface area contributed by atoms with Crippen molar-refractivity contribution in [1.29, 1.82) is 0 Å². The molecule has 0 bridgehead atoms. The molecule has 1 saturated heterocycles. The predicted molar refractivity (Wildman–Crippen MR) is 174 cm³/mol. The number of nitrogens with zero attached hydrogens (tertiary/aromatic N) is 5. The molecule has 0 aliphatic carbocycles. The summed E-state index contributed by atoms with van der Waals surface area (Å²) in [5, 5.41) is 9.52. The third kappa shape index (κ3) is 6.46. The number of thiophene rings is 1. The number of halogens is 1. The normalized spacial score (nSPS) is 15.3. The number of pyridine rings is 2. The van der Waals surface area contributed by atoms with E-state index in [-0.39, 0.29) is 23.7 Å². The van der Waals surface area contributed by atoms with E-state index < -0.39 is 5.91 Å². The van der Waals surface area contributed by atoms with Gasteiger partial charge in [0.05, 0.1) is 33.3 Å². The second kappa shape index (κ2) is 13.0. The average molecular weight is 629 g/mol. The fourth-order valence-electron chi connectivity index (χ4n) is 6.08. The molecule has 1 aliphatic rings. The number of primary amides is 1. The number of rotatable bonds is 10. The highest BCUT2D eigenvalue weighted by molar-refractivity contribution is 7.23. The number of amides is 1. The predicted octanol–water partition coefficient (Wildman–Crippen LogP) is 6.55. The Labute approximate surface area is 265 Å². The van der Waals surface area contributed by atoms with E-state index in [9.17, 15) is 9.18 Å². The topological polar surface area (TPSA) is 120 Å². The summed E-state index contributed by atoms with van der Waals surface area (Å²) in [7, 11) is 1.75. The van der Waals surface area contributed by atoms with Crippen LogP contribution in [0.5, 0.6) is 0 Å². The number of carbonyl (C=O) groups excluding carboxylic acids is 1. The van der Waals surface area contributed by atoms with Gasteiger partial charge in [-0.05, 0) is 73.2 Å². The standard InChI is InChI=1S/C34H37FN6O3S/c1-19(2)16-26-28(32(36)42)30(27-17-22-13-14-37-33(31(22)45-27)41-15-5-6-24(18-41)43-4)29(34-40-39-20(3)44-34)25(38-26)12-9-21-7-10-23(35)11-8-21/h7-8,10-11,13-14,17,19,24H,5-6,9,12,15-16,18H2,1-4H3,(H2,36,42)/t24-/m1/s1. The van der Waals surface area contributed by atoms with E-state index >= 15 is 0 Å². The van der Waals surface area contributed by atoms with E-state index in [2.05, 4.69) is 35.0 Å². The molecular weight excluding hydrogens is 591 g/mol. The molecule has 0 radical (unpaired) electrons. The molecule has 45 heavy (non-hydrogen) atoms.